The Balaban J connectivity index is 3.04. The summed E-state index contributed by atoms with van der Waals surface area (Å²) >= 11 is 5.99. The van der Waals surface area contributed by atoms with E-state index < -0.39 is 36.9 Å². The van der Waals surface area contributed by atoms with Gasteiger partial charge in [0.15, 0.2) is 5.60 Å². The highest BCUT2D eigenvalue weighted by atomic mass is 127. The van der Waals surface area contributed by atoms with Gasteiger partial charge in [0, 0.05) is 17.8 Å². The van der Waals surface area contributed by atoms with Crippen LogP contribution < -0.4 is 0 Å². The number of halogens is 5. The molecule has 0 aliphatic rings. The van der Waals surface area contributed by atoms with Crippen LogP contribution in [0.25, 0.3) is 0 Å². The fourth-order valence-corrected chi connectivity index (χ4v) is 4.00. The highest BCUT2D eigenvalue weighted by Crippen LogP contribution is 2.33. The van der Waals surface area contributed by atoms with E-state index in [-0.39, 0.29) is 5.56 Å². The summed E-state index contributed by atoms with van der Waals surface area (Å²) in [5.41, 5.74) is -2.39. The average molecular weight is 696 g/mol. The van der Waals surface area contributed by atoms with Crippen molar-refractivity contribution in [3.63, 3.8) is 0 Å². The third-order valence-electron chi connectivity index (χ3n) is 3.12. The molecule has 6 nitrogen and oxygen atoms in total. The van der Waals surface area contributed by atoms with E-state index in [9.17, 15) is 18.4 Å². The van der Waals surface area contributed by atoms with Gasteiger partial charge in [0.25, 0.3) is 0 Å². The van der Waals surface area contributed by atoms with Crippen LogP contribution in [-0.2, 0) is 19.0 Å². The molecular formula is C14H13F2I3O6. The zero-order valence-electron chi connectivity index (χ0n) is 12.9. The standard InChI is InChI=1S/C14H13F2I3O6/c1-13(25-6-23-2,14(15,16)12(21)22)5-24-11(20)8-3-7(17)4-9(18)10(8)19/h3-4H,5-6H2,1-2H3,(H,21,22). The zero-order chi connectivity index (χ0) is 19.4. The number of esters is 1. The number of ether oxygens (including phenoxy) is 3. The third kappa shape index (κ3) is 5.55. The summed E-state index contributed by atoms with van der Waals surface area (Å²) in [5, 5.41) is 8.76. The molecule has 1 aromatic carbocycles. The van der Waals surface area contributed by atoms with E-state index in [1.54, 1.807) is 6.07 Å². The molecular weight excluding hydrogens is 683 g/mol. The van der Waals surface area contributed by atoms with Gasteiger partial charge in [0.1, 0.15) is 13.4 Å². The van der Waals surface area contributed by atoms with Gasteiger partial charge in [0.05, 0.1) is 5.56 Å². The number of rotatable bonds is 8. The van der Waals surface area contributed by atoms with Crippen LogP contribution in [0.15, 0.2) is 12.1 Å². The molecule has 0 aliphatic heterocycles. The van der Waals surface area contributed by atoms with Crippen molar-refractivity contribution in [3.05, 3.63) is 28.4 Å². The number of hydrogen-bond donors (Lipinski definition) is 1. The van der Waals surface area contributed by atoms with Gasteiger partial charge in [-0.25, -0.2) is 9.59 Å². The van der Waals surface area contributed by atoms with Crippen LogP contribution in [0.3, 0.4) is 0 Å². The van der Waals surface area contributed by atoms with Gasteiger partial charge in [-0.05, 0) is 86.8 Å². The number of benzene rings is 1. The summed E-state index contributed by atoms with van der Waals surface area (Å²) in [6, 6.07) is 3.39. The van der Waals surface area contributed by atoms with Gasteiger partial charge in [0.2, 0.25) is 0 Å². The number of carbonyl (C=O) groups is 2. The maximum Gasteiger partial charge on any atom is 0.377 e. The van der Waals surface area contributed by atoms with Crippen molar-refractivity contribution in [3.8, 4) is 0 Å². The lowest BCUT2D eigenvalue weighted by atomic mass is 9.99. The Morgan fingerprint density at radius 3 is 2.36 bits per heavy atom. The lowest BCUT2D eigenvalue weighted by Crippen LogP contribution is -2.56. The van der Waals surface area contributed by atoms with Gasteiger partial charge in [-0.2, -0.15) is 8.78 Å². The number of carboxylic acid groups (broad SMARTS) is 1. The van der Waals surface area contributed by atoms with Crippen molar-refractivity contribution < 1.29 is 37.7 Å². The van der Waals surface area contributed by atoms with E-state index >= 15 is 0 Å². The second-order valence-electron chi connectivity index (χ2n) is 4.99. The minimum absolute atomic E-state index is 0.199. The van der Waals surface area contributed by atoms with Crippen molar-refractivity contribution in [1.29, 1.82) is 0 Å². The van der Waals surface area contributed by atoms with E-state index in [1.165, 1.54) is 7.11 Å². The van der Waals surface area contributed by atoms with Crippen molar-refractivity contribution in [2.45, 2.75) is 18.4 Å². The predicted octanol–water partition coefficient (Wildman–Crippen LogP) is 3.76. The first-order valence-electron chi connectivity index (χ1n) is 6.52. The minimum Gasteiger partial charge on any atom is -0.477 e. The van der Waals surface area contributed by atoms with Gasteiger partial charge >= 0.3 is 17.9 Å². The Morgan fingerprint density at radius 1 is 1.24 bits per heavy atom. The largest absolute Gasteiger partial charge is 0.477 e. The third-order valence-corrected chi connectivity index (χ3v) is 6.79. The molecule has 1 atom stereocenters. The lowest BCUT2D eigenvalue weighted by molar-refractivity contribution is -0.247. The number of carbonyl (C=O) groups excluding carboxylic acids is 1. The van der Waals surface area contributed by atoms with Crippen LogP contribution in [0.5, 0.6) is 0 Å². The second-order valence-corrected chi connectivity index (χ2v) is 8.47. The molecule has 1 unspecified atom stereocenters. The maximum absolute atomic E-state index is 14.0. The summed E-state index contributed by atoms with van der Waals surface area (Å²) in [6.07, 6.45) is 0. The van der Waals surface area contributed by atoms with E-state index in [0.717, 1.165) is 14.1 Å². The number of carboxylic acids is 1. The molecule has 1 rings (SSSR count). The molecule has 0 aromatic heterocycles. The quantitative estimate of drug-likeness (QED) is 0.193. The summed E-state index contributed by atoms with van der Waals surface area (Å²) in [7, 11) is 1.20. The molecule has 0 spiro atoms. The van der Waals surface area contributed by atoms with Gasteiger partial charge in [-0.1, -0.05) is 0 Å². The summed E-state index contributed by atoms with van der Waals surface area (Å²) in [5.74, 6) is -7.53. The summed E-state index contributed by atoms with van der Waals surface area (Å²) in [6.45, 7) is -0.709. The van der Waals surface area contributed by atoms with E-state index in [4.69, 9.17) is 14.6 Å². The average Bonchev–Trinajstić information content (AvgIpc) is 2.53. The van der Waals surface area contributed by atoms with Crippen molar-refractivity contribution in [1.82, 2.24) is 0 Å². The molecule has 0 heterocycles. The first-order chi connectivity index (χ1) is 11.5. The smallest absolute Gasteiger partial charge is 0.377 e. The molecule has 0 bridgehead atoms. The Hall–Kier alpha value is 0.130. The topological polar surface area (TPSA) is 82.1 Å². The second kappa shape index (κ2) is 9.36. The number of hydrogen-bond acceptors (Lipinski definition) is 5. The van der Waals surface area contributed by atoms with Gasteiger partial charge < -0.3 is 19.3 Å². The Labute approximate surface area is 183 Å². The molecule has 0 aliphatic carbocycles. The molecule has 140 valence electrons. The fraction of sp³-hybridized carbons (Fsp3) is 0.429. The Morgan fingerprint density at radius 2 is 1.84 bits per heavy atom. The first kappa shape index (κ1) is 23.2. The highest BCUT2D eigenvalue weighted by Gasteiger charge is 2.59. The molecule has 0 saturated heterocycles. The maximum atomic E-state index is 14.0. The molecule has 1 N–H and O–H groups in total. The summed E-state index contributed by atoms with van der Waals surface area (Å²) in [4.78, 5) is 23.1. The van der Waals surface area contributed by atoms with E-state index in [0.29, 0.717) is 3.57 Å². The minimum atomic E-state index is -4.29. The van der Waals surface area contributed by atoms with Crippen molar-refractivity contribution >= 4 is 79.7 Å². The van der Waals surface area contributed by atoms with Crippen LogP contribution in [0, 0.1) is 10.7 Å². The van der Waals surface area contributed by atoms with Crippen LogP contribution >= 0.6 is 67.8 Å². The number of aliphatic carboxylic acids is 1. The predicted molar refractivity (Wildman–Crippen MR) is 109 cm³/mol. The molecule has 1 aromatic rings. The molecule has 0 saturated carbocycles. The molecule has 25 heavy (non-hydrogen) atoms. The molecule has 0 amide bonds. The highest BCUT2D eigenvalue weighted by molar-refractivity contribution is 14.1. The van der Waals surface area contributed by atoms with Crippen molar-refractivity contribution in [2.75, 3.05) is 20.5 Å². The molecule has 0 fully saturated rings. The zero-order valence-corrected chi connectivity index (χ0v) is 19.4. The van der Waals surface area contributed by atoms with Crippen LogP contribution in [0.2, 0.25) is 0 Å². The molecule has 0 radical (unpaired) electrons. The van der Waals surface area contributed by atoms with Gasteiger partial charge in [-0.15, -0.1) is 0 Å². The SMILES string of the molecule is COCOC(C)(COC(=O)c1cc(I)cc(I)c1I)C(F)(F)C(=O)O. The monoisotopic (exact) mass is 696 g/mol. The van der Waals surface area contributed by atoms with Crippen molar-refractivity contribution in [2.24, 2.45) is 0 Å². The Kier molecular flexibility index (Phi) is 8.68. The lowest BCUT2D eigenvalue weighted by Gasteiger charge is -2.33. The number of alkyl halides is 2. The van der Waals surface area contributed by atoms with E-state index in [2.05, 4.69) is 4.74 Å². The van der Waals surface area contributed by atoms with Crippen LogP contribution in [0.4, 0.5) is 8.78 Å². The fourth-order valence-electron chi connectivity index (χ4n) is 1.62. The normalized spacial score (nSPS) is 14.0. The van der Waals surface area contributed by atoms with Crippen LogP contribution in [-0.4, -0.2) is 49.1 Å². The van der Waals surface area contributed by atoms with Crippen LogP contribution in [0.1, 0.15) is 17.3 Å². The first-order valence-corrected chi connectivity index (χ1v) is 9.75. The van der Waals surface area contributed by atoms with Gasteiger partial charge in [-0.3, -0.25) is 0 Å². The Bertz CT molecular complexity index is 670. The van der Waals surface area contributed by atoms with E-state index in [1.807, 2.05) is 73.8 Å². The summed E-state index contributed by atoms with van der Waals surface area (Å²) < 4.78 is 44.5. The number of methoxy groups -OCH3 is 1. The molecule has 11 heteroatoms.